The van der Waals surface area contributed by atoms with Crippen molar-refractivity contribution in [2.75, 3.05) is 13.3 Å². The molecule has 0 amide bonds. The molecule has 108 valence electrons. The summed E-state index contributed by atoms with van der Waals surface area (Å²) in [4.78, 5) is 0. The van der Waals surface area contributed by atoms with Crippen LogP contribution in [0.3, 0.4) is 0 Å². The van der Waals surface area contributed by atoms with Gasteiger partial charge in [0.2, 0.25) is 0 Å². The second-order valence-corrected chi connectivity index (χ2v) is 12.0. The Hall–Kier alpha value is 0.749. The molecule has 4 rings (SSSR count). The van der Waals surface area contributed by atoms with Gasteiger partial charge in [0, 0.05) is 0 Å². The molecule has 5 atom stereocenters. The van der Waals surface area contributed by atoms with E-state index in [-0.39, 0.29) is 24.6 Å². The minimum absolute atomic E-state index is 0.0559. The van der Waals surface area contributed by atoms with Gasteiger partial charge < -0.3 is 0 Å². The van der Waals surface area contributed by atoms with Crippen LogP contribution < -0.4 is 0 Å². The fourth-order valence-electron chi connectivity index (χ4n) is 3.45. The normalized spacial score (nSPS) is 52.1. The Morgan fingerprint density at radius 1 is 1.11 bits per heavy atom. The number of ether oxygens (including phenoxy) is 3. The monoisotopic (exact) mass is 354 g/mol. The Morgan fingerprint density at radius 2 is 1.89 bits per heavy atom. The summed E-state index contributed by atoms with van der Waals surface area (Å²) in [5.41, 5.74) is 0. The number of hydrogen-bond donors (Lipinski definition) is 0. The standard InChI is InChI=1S/C12H19O5PSe/c1-18(19)13-7-8-9(17-18)10-11(14-8)16-12(15-10)5-3-2-4-6-12/h8-11H,2-7H2,1H3/t8-,9+,10-,11-,18?/m1/s1. The van der Waals surface area contributed by atoms with Crippen molar-refractivity contribution in [3.63, 3.8) is 0 Å². The summed E-state index contributed by atoms with van der Waals surface area (Å²) in [7, 11) is 0. The zero-order chi connectivity index (χ0) is 13.1. The third-order valence-corrected chi connectivity index (χ3v) is 6.80. The molecule has 0 N–H and O–H groups in total. The molecule has 1 aliphatic carbocycles. The molecule has 4 aliphatic rings. The Labute approximate surface area is 120 Å². The molecule has 3 aliphatic heterocycles. The summed E-state index contributed by atoms with van der Waals surface area (Å²) in [6.45, 7) is 2.55. The van der Waals surface area contributed by atoms with E-state index in [9.17, 15) is 0 Å². The van der Waals surface area contributed by atoms with Crippen LogP contribution in [0, 0.1) is 0 Å². The summed E-state index contributed by atoms with van der Waals surface area (Å²) in [6, 6.07) is 0. The summed E-state index contributed by atoms with van der Waals surface area (Å²) in [6.07, 6.45) is 5.07. The van der Waals surface area contributed by atoms with E-state index in [0.717, 1.165) is 12.8 Å². The van der Waals surface area contributed by atoms with E-state index in [2.05, 4.69) is 15.1 Å². The van der Waals surface area contributed by atoms with Crippen molar-refractivity contribution in [2.24, 2.45) is 0 Å². The van der Waals surface area contributed by atoms with Crippen molar-refractivity contribution in [3.8, 4) is 0 Å². The second kappa shape index (κ2) is 4.62. The van der Waals surface area contributed by atoms with Crippen LogP contribution in [0.15, 0.2) is 0 Å². The third kappa shape index (κ3) is 2.31. The Balaban J connectivity index is 1.53. The maximum atomic E-state index is 6.25. The van der Waals surface area contributed by atoms with Crippen LogP contribution in [-0.4, -0.2) is 58.8 Å². The number of hydrogen-bond acceptors (Lipinski definition) is 5. The van der Waals surface area contributed by atoms with Crippen LogP contribution in [0.1, 0.15) is 32.1 Å². The van der Waals surface area contributed by atoms with Crippen LogP contribution in [0.2, 0.25) is 0 Å². The van der Waals surface area contributed by atoms with Gasteiger partial charge in [0.25, 0.3) is 0 Å². The molecule has 1 saturated carbocycles. The molecular formula is C12H19O5PSe. The van der Waals surface area contributed by atoms with Gasteiger partial charge in [-0.15, -0.1) is 0 Å². The predicted molar refractivity (Wildman–Crippen MR) is 69.9 cm³/mol. The number of fused-ring (bicyclic) bond motifs is 3. The van der Waals surface area contributed by atoms with Crippen molar-refractivity contribution in [3.05, 3.63) is 0 Å². The van der Waals surface area contributed by atoms with Crippen molar-refractivity contribution in [2.45, 2.75) is 62.5 Å². The summed E-state index contributed by atoms with van der Waals surface area (Å²) in [5, 5.41) is 0. The van der Waals surface area contributed by atoms with E-state index < -0.39 is 11.7 Å². The van der Waals surface area contributed by atoms with E-state index in [4.69, 9.17) is 23.3 Å². The number of rotatable bonds is 0. The first-order valence-corrected chi connectivity index (χ1v) is 11.3. The molecule has 0 radical (unpaired) electrons. The van der Waals surface area contributed by atoms with Gasteiger partial charge in [-0.25, -0.2) is 0 Å². The molecule has 0 aromatic rings. The van der Waals surface area contributed by atoms with Crippen LogP contribution in [0.5, 0.6) is 0 Å². The Bertz CT molecular complexity index is 424. The fourth-order valence-corrected chi connectivity index (χ4v) is 5.63. The summed E-state index contributed by atoms with van der Waals surface area (Å²) >= 11 is 3.03. The molecule has 5 nitrogen and oxygen atoms in total. The van der Waals surface area contributed by atoms with Gasteiger partial charge in [-0.05, 0) is 0 Å². The van der Waals surface area contributed by atoms with Crippen LogP contribution >= 0.6 is 5.96 Å². The van der Waals surface area contributed by atoms with Crippen molar-refractivity contribution < 1.29 is 23.3 Å². The fraction of sp³-hybridized carbons (Fsp3) is 1.00. The van der Waals surface area contributed by atoms with E-state index >= 15 is 0 Å². The quantitative estimate of drug-likeness (QED) is 0.491. The zero-order valence-corrected chi connectivity index (χ0v) is 13.6. The first-order valence-electron chi connectivity index (χ1n) is 6.99. The van der Waals surface area contributed by atoms with Crippen LogP contribution in [0.4, 0.5) is 0 Å². The van der Waals surface area contributed by atoms with Crippen molar-refractivity contribution in [1.29, 1.82) is 0 Å². The summed E-state index contributed by atoms with van der Waals surface area (Å²) in [5.74, 6) is -2.26. The van der Waals surface area contributed by atoms with Gasteiger partial charge in [0.1, 0.15) is 0 Å². The second-order valence-electron chi connectivity index (χ2n) is 5.85. The molecule has 0 bridgehead atoms. The molecule has 3 heterocycles. The molecule has 0 aromatic heterocycles. The maximum absolute atomic E-state index is 6.25. The van der Waals surface area contributed by atoms with Crippen LogP contribution in [0.25, 0.3) is 0 Å². The SMILES string of the molecule is CP1(=[Se])OC[C@H]2O[C@@H]3OC4(CCCCC4)O[C@@H]3[C@H]2O1. The Morgan fingerprint density at radius 3 is 2.68 bits per heavy atom. The third-order valence-electron chi connectivity index (χ3n) is 4.35. The molecule has 3 saturated heterocycles. The minimum atomic E-state index is -1.85. The molecule has 1 spiro atoms. The van der Waals surface area contributed by atoms with E-state index in [1.54, 1.807) is 0 Å². The average Bonchev–Trinajstić information content (AvgIpc) is 2.84. The van der Waals surface area contributed by atoms with Gasteiger partial charge in [-0.1, -0.05) is 0 Å². The van der Waals surface area contributed by atoms with Gasteiger partial charge in [-0.3, -0.25) is 0 Å². The zero-order valence-electron chi connectivity index (χ0n) is 10.9. The molecule has 4 fully saturated rings. The first kappa shape index (κ1) is 13.4. The van der Waals surface area contributed by atoms with E-state index in [1.165, 1.54) is 19.3 Å². The summed E-state index contributed by atoms with van der Waals surface area (Å²) < 4.78 is 30.0. The van der Waals surface area contributed by atoms with Crippen LogP contribution in [-0.2, 0) is 23.3 Å². The van der Waals surface area contributed by atoms with Gasteiger partial charge >= 0.3 is 120 Å². The average molecular weight is 353 g/mol. The molecule has 0 aromatic carbocycles. The van der Waals surface area contributed by atoms with Crippen molar-refractivity contribution >= 4 is 21.1 Å². The van der Waals surface area contributed by atoms with Gasteiger partial charge in [-0.2, -0.15) is 0 Å². The van der Waals surface area contributed by atoms with E-state index in [0.29, 0.717) is 6.61 Å². The van der Waals surface area contributed by atoms with E-state index in [1.807, 2.05) is 6.66 Å². The first-order chi connectivity index (χ1) is 9.07. The van der Waals surface area contributed by atoms with Crippen molar-refractivity contribution in [1.82, 2.24) is 0 Å². The van der Waals surface area contributed by atoms with Gasteiger partial charge in [0.15, 0.2) is 0 Å². The van der Waals surface area contributed by atoms with Gasteiger partial charge in [0.05, 0.1) is 0 Å². The molecule has 1 unspecified atom stereocenters. The molecule has 7 heteroatoms. The topological polar surface area (TPSA) is 46.2 Å². The predicted octanol–water partition coefficient (Wildman–Crippen LogP) is 1.76. The Kier molecular flexibility index (Phi) is 3.26. The molecule has 19 heavy (non-hydrogen) atoms. The molecular weight excluding hydrogens is 334 g/mol.